The van der Waals surface area contributed by atoms with Gasteiger partial charge >= 0.3 is 12.0 Å². The van der Waals surface area contributed by atoms with Crippen molar-refractivity contribution >= 4 is 12.0 Å². The lowest BCUT2D eigenvalue weighted by Crippen LogP contribution is -2.66. The molecule has 0 aromatic heterocycles. The second-order valence-corrected chi connectivity index (χ2v) is 5.42. The zero-order valence-corrected chi connectivity index (χ0v) is 11.0. The Hall–Kier alpha value is -1.34. The number of aliphatic hydroxyl groups excluding tert-OH is 1. The topological polar surface area (TPSA) is 90.3 Å². The first kappa shape index (κ1) is 14.1. The number of carbonyl (C=O) groups excluding carboxylic acids is 1. The Bertz CT molecular complexity index is 363. The molecule has 1 aliphatic heterocycles. The highest BCUT2D eigenvalue weighted by atomic mass is 16.5. The highest BCUT2D eigenvalue weighted by Gasteiger charge is 2.46. The van der Waals surface area contributed by atoms with Crippen molar-refractivity contribution in [2.75, 3.05) is 32.8 Å². The van der Waals surface area contributed by atoms with Crippen molar-refractivity contribution in [3.8, 4) is 0 Å². The van der Waals surface area contributed by atoms with E-state index in [4.69, 9.17) is 14.9 Å². The molecule has 2 amide bonds. The van der Waals surface area contributed by atoms with Gasteiger partial charge in [-0.05, 0) is 19.8 Å². The molecule has 0 unspecified atom stereocenters. The molecule has 1 saturated heterocycles. The number of hydrogen-bond donors (Lipinski definition) is 2. The summed E-state index contributed by atoms with van der Waals surface area (Å²) < 4.78 is 5.26. The van der Waals surface area contributed by atoms with Crippen molar-refractivity contribution in [1.29, 1.82) is 0 Å². The van der Waals surface area contributed by atoms with Crippen LogP contribution in [0.15, 0.2) is 0 Å². The molecule has 2 aliphatic rings. The van der Waals surface area contributed by atoms with Gasteiger partial charge in [0.1, 0.15) is 12.2 Å². The Kier molecular flexibility index (Phi) is 3.96. The van der Waals surface area contributed by atoms with Crippen LogP contribution in [0.25, 0.3) is 0 Å². The number of likely N-dealkylation sites (tertiary alicyclic amines) is 1. The number of hydrogen-bond acceptors (Lipinski definition) is 4. The molecule has 7 nitrogen and oxygen atoms in total. The fourth-order valence-corrected chi connectivity index (χ4v) is 2.33. The molecule has 0 spiro atoms. The van der Waals surface area contributed by atoms with E-state index in [1.807, 2.05) is 0 Å². The summed E-state index contributed by atoms with van der Waals surface area (Å²) >= 11 is 0. The van der Waals surface area contributed by atoms with Gasteiger partial charge in [0, 0.05) is 12.6 Å². The number of aliphatic hydroxyl groups is 1. The highest BCUT2D eigenvalue weighted by Crippen LogP contribution is 2.31. The van der Waals surface area contributed by atoms with Crippen molar-refractivity contribution in [3.63, 3.8) is 0 Å². The predicted molar refractivity (Wildman–Crippen MR) is 65.8 cm³/mol. The van der Waals surface area contributed by atoms with Gasteiger partial charge in [-0.2, -0.15) is 0 Å². The lowest BCUT2D eigenvalue weighted by Gasteiger charge is -2.48. The fraction of sp³-hybridized carbons (Fsp3) is 0.833. The number of amides is 2. The Labute approximate surface area is 111 Å². The Morgan fingerprint density at radius 1 is 1.42 bits per heavy atom. The van der Waals surface area contributed by atoms with Crippen LogP contribution in [0.2, 0.25) is 0 Å². The van der Waals surface area contributed by atoms with Gasteiger partial charge in [0.05, 0.1) is 19.7 Å². The van der Waals surface area contributed by atoms with Crippen molar-refractivity contribution in [2.45, 2.75) is 31.4 Å². The van der Waals surface area contributed by atoms with E-state index in [1.54, 1.807) is 16.7 Å². The van der Waals surface area contributed by atoms with Gasteiger partial charge in [0.25, 0.3) is 0 Å². The lowest BCUT2D eigenvalue weighted by molar-refractivity contribution is -0.160. The molecule has 0 aromatic rings. The second-order valence-electron chi connectivity index (χ2n) is 5.42. The fourth-order valence-electron chi connectivity index (χ4n) is 2.33. The summed E-state index contributed by atoms with van der Waals surface area (Å²) in [5.41, 5.74) is -0.567. The summed E-state index contributed by atoms with van der Waals surface area (Å²) in [6.45, 7) is 2.56. The van der Waals surface area contributed by atoms with Gasteiger partial charge in [-0.1, -0.05) is 0 Å². The quantitative estimate of drug-likeness (QED) is 0.695. The second kappa shape index (κ2) is 5.34. The molecule has 1 saturated carbocycles. The minimum absolute atomic E-state index is 0.0388. The highest BCUT2D eigenvalue weighted by molar-refractivity contribution is 5.76. The van der Waals surface area contributed by atoms with Crippen molar-refractivity contribution in [2.24, 2.45) is 0 Å². The molecule has 1 heterocycles. The van der Waals surface area contributed by atoms with Crippen LogP contribution in [-0.2, 0) is 9.53 Å². The van der Waals surface area contributed by atoms with Crippen molar-refractivity contribution in [1.82, 2.24) is 9.80 Å². The maximum absolute atomic E-state index is 12.2. The maximum atomic E-state index is 12.2. The standard InChI is InChI=1S/C12H20N2O5/c1-12(19-6-10(16)17)7-13(8-12)11(18)14(4-5-15)9-2-3-9/h9,15H,2-8H2,1H3,(H,16,17). The largest absolute Gasteiger partial charge is 0.480 e. The molecule has 108 valence electrons. The third-order valence-electron chi connectivity index (χ3n) is 3.44. The average Bonchev–Trinajstić information content (AvgIpc) is 3.13. The summed E-state index contributed by atoms with van der Waals surface area (Å²) in [5.74, 6) is -1.01. The number of carboxylic acid groups (broad SMARTS) is 1. The Morgan fingerprint density at radius 2 is 2.05 bits per heavy atom. The molecule has 19 heavy (non-hydrogen) atoms. The Balaban J connectivity index is 1.81. The normalized spacial score (nSPS) is 20.8. The van der Waals surface area contributed by atoms with E-state index in [0.717, 1.165) is 12.8 Å². The number of aliphatic carboxylic acids is 1. The Morgan fingerprint density at radius 3 is 2.53 bits per heavy atom. The monoisotopic (exact) mass is 272 g/mol. The zero-order chi connectivity index (χ0) is 14.0. The van der Waals surface area contributed by atoms with E-state index in [2.05, 4.69) is 0 Å². The van der Waals surface area contributed by atoms with Crippen molar-refractivity contribution < 1.29 is 24.5 Å². The van der Waals surface area contributed by atoms with E-state index in [1.165, 1.54) is 0 Å². The van der Waals surface area contributed by atoms with Gasteiger partial charge < -0.3 is 24.7 Å². The minimum Gasteiger partial charge on any atom is -0.480 e. The molecule has 2 N–H and O–H groups in total. The van der Waals surface area contributed by atoms with Crippen LogP contribution in [0.3, 0.4) is 0 Å². The van der Waals surface area contributed by atoms with E-state index < -0.39 is 11.6 Å². The number of carbonyl (C=O) groups is 2. The van der Waals surface area contributed by atoms with Crippen LogP contribution in [0.4, 0.5) is 4.79 Å². The first-order valence-electron chi connectivity index (χ1n) is 6.47. The third-order valence-corrected chi connectivity index (χ3v) is 3.44. The number of ether oxygens (including phenoxy) is 1. The lowest BCUT2D eigenvalue weighted by atomic mass is 9.97. The van der Waals surface area contributed by atoms with Crippen LogP contribution >= 0.6 is 0 Å². The first-order chi connectivity index (χ1) is 8.95. The van der Waals surface area contributed by atoms with Gasteiger partial charge in [-0.15, -0.1) is 0 Å². The number of rotatable bonds is 6. The molecule has 1 aliphatic carbocycles. The predicted octanol–water partition coefficient (Wildman–Crippen LogP) is -0.261. The summed E-state index contributed by atoms with van der Waals surface area (Å²) in [6, 6.07) is 0.166. The zero-order valence-electron chi connectivity index (χ0n) is 11.0. The van der Waals surface area contributed by atoms with Crippen LogP contribution in [0.1, 0.15) is 19.8 Å². The number of carboxylic acids is 1. The molecular formula is C12H20N2O5. The van der Waals surface area contributed by atoms with E-state index in [-0.39, 0.29) is 25.3 Å². The molecule has 0 atom stereocenters. The average molecular weight is 272 g/mol. The van der Waals surface area contributed by atoms with Gasteiger partial charge in [-0.3, -0.25) is 0 Å². The first-order valence-corrected chi connectivity index (χ1v) is 6.47. The molecule has 7 heteroatoms. The van der Waals surface area contributed by atoms with Crippen molar-refractivity contribution in [3.05, 3.63) is 0 Å². The molecule has 0 bridgehead atoms. The summed E-state index contributed by atoms with van der Waals surface area (Å²) in [4.78, 5) is 26.0. The van der Waals surface area contributed by atoms with E-state index in [9.17, 15) is 9.59 Å². The molecule has 0 aromatic carbocycles. The molecule has 0 radical (unpaired) electrons. The van der Waals surface area contributed by atoms with Gasteiger partial charge in [0.2, 0.25) is 0 Å². The summed E-state index contributed by atoms with van der Waals surface area (Å²) in [5, 5.41) is 17.5. The van der Waals surface area contributed by atoms with Crippen LogP contribution in [0, 0.1) is 0 Å². The van der Waals surface area contributed by atoms with Gasteiger partial charge in [-0.25, -0.2) is 9.59 Å². The number of nitrogens with zero attached hydrogens (tertiary/aromatic N) is 2. The minimum atomic E-state index is -1.01. The van der Waals surface area contributed by atoms with Crippen LogP contribution < -0.4 is 0 Å². The van der Waals surface area contributed by atoms with Gasteiger partial charge in [0.15, 0.2) is 0 Å². The molecule has 2 fully saturated rings. The van der Waals surface area contributed by atoms with Crippen LogP contribution in [0.5, 0.6) is 0 Å². The summed E-state index contributed by atoms with van der Waals surface area (Å²) in [6.07, 6.45) is 1.98. The molecular weight excluding hydrogens is 252 g/mol. The SMILES string of the molecule is CC1(OCC(=O)O)CN(C(=O)N(CCO)C2CC2)C1. The number of urea groups is 1. The maximum Gasteiger partial charge on any atom is 0.329 e. The smallest absolute Gasteiger partial charge is 0.329 e. The van der Waals surface area contributed by atoms with E-state index in [0.29, 0.717) is 19.6 Å². The third kappa shape index (κ3) is 3.36. The molecule has 2 rings (SSSR count). The van der Waals surface area contributed by atoms with Crippen LogP contribution in [-0.4, -0.2) is 76.5 Å². The summed E-state index contributed by atoms with van der Waals surface area (Å²) in [7, 11) is 0. The van der Waals surface area contributed by atoms with E-state index >= 15 is 0 Å².